The quantitative estimate of drug-likeness (QED) is 0.438. The van der Waals surface area contributed by atoms with Gasteiger partial charge in [-0.25, -0.2) is 9.97 Å². The van der Waals surface area contributed by atoms with Gasteiger partial charge in [0.1, 0.15) is 12.0 Å². The number of aliphatic hydroxyl groups excluding tert-OH is 1. The number of piperidine rings is 1. The first kappa shape index (κ1) is 26.0. The summed E-state index contributed by atoms with van der Waals surface area (Å²) in [6, 6.07) is 2.25. The Morgan fingerprint density at radius 1 is 1.22 bits per heavy atom. The molecule has 0 radical (unpaired) electrons. The molecule has 2 aromatic rings. The monoisotopic (exact) mass is 511 g/mol. The molecule has 13 heteroatoms. The normalized spacial score (nSPS) is 21.1. The van der Waals surface area contributed by atoms with Crippen molar-refractivity contribution in [3.63, 3.8) is 0 Å². The maximum absolute atomic E-state index is 15.5. The van der Waals surface area contributed by atoms with E-state index in [1.165, 1.54) is 12.4 Å². The number of carbonyl (C=O) groups is 1. The molecule has 1 saturated carbocycles. The number of β-amino-alcohol motifs (C(OH)–C–C–N with tert-alkyl or cyclic N) is 1. The maximum atomic E-state index is 15.5. The number of likely N-dealkylation sites (tertiary alicyclic amines) is 1. The van der Waals surface area contributed by atoms with Crippen LogP contribution in [-0.4, -0.2) is 69.2 Å². The fourth-order valence-corrected chi connectivity index (χ4v) is 4.52. The molecule has 36 heavy (non-hydrogen) atoms. The van der Waals surface area contributed by atoms with E-state index < -0.39 is 29.7 Å². The number of hydrogen-bond donors (Lipinski definition) is 3. The molecule has 3 heterocycles. The van der Waals surface area contributed by atoms with Gasteiger partial charge in [0, 0.05) is 37.8 Å². The van der Waals surface area contributed by atoms with Gasteiger partial charge in [0.05, 0.1) is 12.6 Å². The van der Waals surface area contributed by atoms with E-state index in [0.717, 1.165) is 31.5 Å². The van der Waals surface area contributed by atoms with Crippen LogP contribution in [-0.2, 0) is 17.5 Å². The second-order valence-electron chi connectivity index (χ2n) is 9.32. The average Bonchev–Trinajstić information content (AvgIpc) is 2.77. The molecule has 2 unspecified atom stereocenters. The summed E-state index contributed by atoms with van der Waals surface area (Å²) in [5.74, 6) is -1.24. The zero-order valence-corrected chi connectivity index (χ0v) is 19.6. The molecule has 0 aromatic carbocycles. The zero-order chi connectivity index (χ0) is 25.9. The van der Waals surface area contributed by atoms with Crippen LogP contribution in [0.1, 0.15) is 36.9 Å². The summed E-state index contributed by atoms with van der Waals surface area (Å²) in [6.45, 7) is 1.38. The van der Waals surface area contributed by atoms with Crippen molar-refractivity contribution in [3.8, 4) is 0 Å². The standard InChI is InChI=1S/C23H29F4N7O2/c24-20-21(30-9-15-6-7-33(11-17(15)35)12-19(28)36)31-13-32-22(20)34(16-2-1-3-16)10-14-4-5-18(29-8-14)23(25,26)27/h4-5,8,13,15-17,35H,1-3,6-7,9-12H2,(H2,28,36)(H,30,31,32). The summed E-state index contributed by atoms with van der Waals surface area (Å²) in [4.78, 5) is 26.3. The molecule has 1 aliphatic heterocycles. The molecule has 2 fully saturated rings. The van der Waals surface area contributed by atoms with Crippen LogP contribution in [0.3, 0.4) is 0 Å². The minimum Gasteiger partial charge on any atom is -0.391 e. The molecule has 2 aromatic heterocycles. The summed E-state index contributed by atoms with van der Waals surface area (Å²) in [5.41, 5.74) is 4.74. The van der Waals surface area contributed by atoms with Gasteiger partial charge in [-0.3, -0.25) is 14.7 Å². The minimum atomic E-state index is -4.53. The summed E-state index contributed by atoms with van der Waals surface area (Å²) in [7, 11) is 0. The second kappa shape index (κ2) is 10.9. The highest BCUT2D eigenvalue weighted by Crippen LogP contribution is 2.33. The minimum absolute atomic E-state index is 0.000878. The molecule has 1 saturated heterocycles. The molecule has 2 aliphatic rings. The number of nitrogens with two attached hydrogens (primary N) is 1. The first-order valence-corrected chi connectivity index (χ1v) is 11.8. The third-order valence-electron chi connectivity index (χ3n) is 6.74. The van der Waals surface area contributed by atoms with Crippen molar-refractivity contribution in [1.82, 2.24) is 19.9 Å². The van der Waals surface area contributed by atoms with E-state index in [4.69, 9.17) is 5.73 Å². The highest BCUT2D eigenvalue weighted by molar-refractivity contribution is 5.75. The number of rotatable bonds is 9. The number of hydrogen-bond acceptors (Lipinski definition) is 8. The predicted octanol–water partition coefficient (Wildman–Crippen LogP) is 2.17. The van der Waals surface area contributed by atoms with Gasteiger partial charge in [-0.05, 0) is 43.9 Å². The van der Waals surface area contributed by atoms with Crippen molar-refractivity contribution in [2.45, 2.75) is 50.6 Å². The second-order valence-corrected chi connectivity index (χ2v) is 9.32. The fraction of sp³-hybridized carbons (Fsp3) is 0.565. The number of nitrogens with zero attached hydrogens (tertiary/aromatic N) is 5. The Morgan fingerprint density at radius 3 is 2.58 bits per heavy atom. The molecule has 1 aliphatic carbocycles. The van der Waals surface area contributed by atoms with Gasteiger partial charge in [-0.1, -0.05) is 6.07 Å². The van der Waals surface area contributed by atoms with Crippen LogP contribution in [0.2, 0.25) is 0 Å². The molecule has 1 amide bonds. The van der Waals surface area contributed by atoms with Crippen molar-refractivity contribution >= 4 is 17.5 Å². The van der Waals surface area contributed by atoms with E-state index in [1.54, 1.807) is 9.80 Å². The van der Waals surface area contributed by atoms with Crippen LogP contribution in [0.25, 0.3) is 0 Å². The Morgan fingerprint density at radius 2 is 2.00 bits per heavy atom. The van der Waals surface area contributed by atoms with E-state index in [1.807, 2.05) is 0 Å². The smallest absolute Gasteiger partial charge is 0.391 e. The lowest BCUT2D eigenvalue weighted by Crippen LogP contribution is -2.48. The first-order valence-electron chi connectivity index (χ1n) is 11.8. The molecule has 0 spiro atoms. The van der Waals surface area contributed by atoms with Crippen LogP contribution < -0.4 is 16.0 Å². The van der Waals surface area contributed by atoms with Crippen LogP contribution in [0.15, 0.2) is 24.7 Å². The summed E-state index contributed by atoms with van der Waals surface area (Å²) >= 11 is 0. The summed E-state index contributed by atoms with van der Waals surface area (Å²) < 4.78 is 54.1. The van der Waals surface area contributed by atoms with Gasteiger partial charge in [0.2, 0.25) is 11.7 Å². The van der Waals surface area contributed by atoms with E-state index in [-0.39, 0.29) is 43.2 Å². The van der Waals surface area contributed by atoms with Crippen LogP contribution in [0.4, 0.5) is 29.2 Å². The third kappa shape index (κ3) is 6.19. The lowest BCUT2D eigenvalue weighted by atomic mass is 9.91. The van der Waals surface area contributed by atoms with Gasteiger partial charge in [-0.2, -0.15) is 17.6 Å². The van der Waals surface area contributed by atoms with Crippen LogP contribution in [0.5, 0.6) is 0 Å². The molecule has 9 nitrogen and oxygen atoms in total. The number of aromatic nitrogens is 3. The van der Waals surface area contributed by atoms with Crippen molar-refractivity contribution in [1.29, 1.82) is 0 Å². The number of anilines is 2. The van der Waals surface area contributed by atoms with Gasteiger partial charge < -0.3 is 21.1 Å². The number of carbonyl (C=O) groups excluding carboxylic acids is 1. The van der Waals surface area contributed by atoms with Gasteiger partial charge >= 0.3 is 6.18 Å². The molecule has 4 rings (SSSR count). The number of nitrogens with one attached hydrogen (secondary N) is 1. The number of primary amides is 1. The maximum Gasteiger partial charge on any atom is 0.433 e. The largest absolute Gasteiger partial charge is 0.433 e. The molecule has 196 valence electrons. The Hall–Kier alpha value is -3.06. The fourth-order valence-electron chi connectivity index (χ4n) is 4.52. The Balaban J connectivity index is 1.45. The zero-order valence-electron chi connectivity index (χ0n) is 19.6. The lowest BCUT2D eigenvalue weighted by Gasteiger charge is -2.38. The van der Waals surface area contributed by atoms with E-state index in [9.17, 15) is 23.1 Å². The molecule has 2 atom stereocenters. The van der Waals surface area contributed by atoms with Gasteiger partial charge in [0.15, 0.2) is 11.6 Å². The summed E-state index contributed by atoms with van der Waals surface area (Å²) in [5, 5.41) is 13.4. The van der Waals surface area contributed by atoms with Crippen LogP contribution >= 0.6 is 0 Å². The Bertz CT molecular complexity index is 1050. The number of amides is 1. The van der Waals surface area contributed by atoms with Gasteiger partial charge in [-0.15, -0.1) is 0 Å². The van der Waals surface area contributed by atoms with E-state index >= 15 is 4.39 Å². The van der Waals surface area contributed by atoms with E-state index in [0.29, 0.717) is 25.1 Å². The molecule has 0 bridgehead atoms. The molecular formula is C23H29F4N7O2. The lowest BCUT2D eigenvalue weighted by molar-refractivity contribution is -0.141. The first-order chi connectivity index (χ1) is 17.1. The van der Waals surface area contributed by atoms with E-state index in [2.05, 4.69) is 20.3 Å². The average molecular weight is 512 g/mol. The molecular weight excluding hydrogens is 482 g/mol. The van der Waals surface area contributed by atoms with Crippen molar-refractivity contribution < 1.29 is 27.5 Å². The number of halogens is 4. The van der Waals surface area contributed by atoms with Crippen molar-refractivity contribution in [3.05, 3.63) is 41.7 Å². The van der Waals surface area contributed by atoms with Crippen LogP contribution in [0, 0.1) is 11.7 Å². The highest BCUT2D eigenvalue weighted by atomic mass is 19.4. The highest BCUT2D eigenvalue weighted by Gasteiger charge is 2.33. The summed E-state index contributed by atoms with van der Waals surface area (Å²) in [6.07, 6.45) is 0.340. The predicted molar refractivity (Wildman–Crippen MR) is 123 cm³/mol. The number of aliphatic hydroxyl groups is 1. The SMILES string of the molecule is NC(=O)CN1CCC(CNc2ncnc(N(Cc3ccc(C(F)(F)F)nc3)C3CCC3)c2F)C(O)C1. The number of alkyl halides is 3. The number of pyridine rings is 1. The topological polar surface area (TPSA) is 120 Å². The van der Waals surface area contributed by atoms with Crippen molar-refractivity contribution in [2.24, 2.45) is 11.7 Å². The Labute approximate surface area is 205 Å². The molecule has 4 N–H and O–H groups in total. The van der Waals surface area contributed by atoms with Gasteiger partial charge in [0.25, 0.3) is 0 Å². The third-order valence-corrected chi connectivity index (χ3v) is 6.74. The Kier molecular flexibility index (Phi) is 7.88. The van der Waals surface area contributed by atoms with Crippen molar-refractivity contribution in [2.75, 3.05) is 36.4 Å².